The van der Waals surface area contributed by atoms with E-state index in [1.807, 2.05) is 6.92 Å². The zero-order valence-corrected chi connectivity index (χ0v) is 13.4. The molecule has 122 valence electrons. The van der Waals surface area contributed by atoms with Gasteiger partial charge in [-0.1, -0.05) is 12.1 Å². The van der Waals surface area contributed by atoms with E-state index in [4.69, 9.17) is 0 Å². The highest BCUT2D eigenvalue weighted by molar-refractivity contribution is 6.21. The minimum atomic E-state index is -0.313. The highest BCUT2D eigenvalue weighted by Crippen LogP contribution is 2.24. The molecule has 1 aliphatic rings. The van der Waals surface area contributed by atoms with Gasteiger partial charge in [-0.25, -0.2) is 19.9 Å². The molecule has 0 saturated carbocycles. The molecule has 0 spiro atoms. The number of hydrogen-bond acceptors (Lipinski definition) is 6. The number of aromatic nitrogens is 4. The lowest BCUT2D eigenvalue weighted by Gasteiger charge is -2.13. The standard InChI is InChI=1S/C18H13N5O2/c1-11-7-19-16(20-8-11)15-6-12(21-10-22-15)9-23-17(24)13-4-2-3-5-14(13)18(23)25/h2-8,10H,9H2,1H3. The summed E-state index contributed by atoms with van der Waals surface area (Å²) in [6, 6.07) is 8.48. The first-order valence-corrected chi connectivity index (χ1v) is 7.68. The second kappa shape index (κ2) is 5.86. The largest absolute Gasteiger partial charge is 0.269 e. The summed E-state index contributed by atoms with van der Waals surface area (Å²) in [4.78, 5) is 42.9. The SMILES string of the molecule is Cc1cnc(-c2cc(CN3C(=O)c4ccccc4C3=O)ncn2)nc1. The van der Waals surface area contributed by atoms with E-state index in [-0.39, 0.29) is 18.4 Å². The van der Waals surface area contributed by atoms with Crippen LogP contribution in [-0.4, -0.2) is 36.7 Å². The lowest BCUT2D eigenvalue weighted by Crippen LogP contribution is -2.29. The van der Waals surface area contributed by atoms with Crippen LogP contribution in [0.15, 0.2) is 49.1 Å². The van der Waals surface area contributed by atoms with Crippen LogP contribution in [0.1, 0.15) is 32.0 Å². The molecule has 1 aromatic carbocycles. The lowest BCUT2D eigenvalue weighted by molar-refractivity contribution is 0.0640. The molecule has 0 saturated heterocycles. The van der Waals surface area contributed by atoms with Crippen LogP contribution in [0.4, 0.5) is 0 Å². The van der Waals surface area contributed by atoms with Crippen LogP contribution in [-0.2, 0) is 6.54 Å². The van der Waals surface area contributed by atoms with Crippen molar-refractivity contribution in [2.24, 2.45) is 0 Å². The number of aryl methyl sites for hydroxylation is 1. The molecule has 7 heteroatoms. The second-order valence-electron chi connectivity index (χ2n) is 5.72. The molecule has 0 radical (unpaired) electrons. The van der Waals surface area contributed by atoms with Crippen molar-refractivity contribution in [2.75, 3.05) is 0 Å². The summed E-state index contributed by atoms with van der Waals surface area (Å²) >= 11 is 0. The monoisotopic (exact) mass is 331 g/mol. The molecular weight excluding hydrogens is 318 g/mol. The van der Waals surface area contributed by atoms with Crippen molar-refractivity contribution in [1.29, 1.82) is 0 Å². The Morgan fingerprint density at radius 3 is 2.20 bits per heavy atom. The number of carbonyl (C=O) groups excluding carboxylic acids is 2. The van der Waals surface area contributed by atoms with Crippen LogP contribution < -0.4 is 0 Å². The first-order chi connectivity index (χ1) is 12.1. The van der Waals surface area contributed by atoms with Crippen molar-refractivity contribution in [2.45, 2.75) is 13.5 Å². The van der Waals surface area contributed by atoms with Crippen molar-refractivity contribution in [3.05, 3.63) is 71.4 Å². The summed E-state index contributed by atoms with van der Waals surface area (Å²) in [5, 5.41) is 0. The molecule has 1 aliphatic heterocycles. The highest BCUT2D eigenvalue weighted by atomic mass is 16.2. The van der Waals surface area contributed by atoms with Gasteiger partial charge in [0.2, 0.25) is 0 Å². The van der Waals surface area contributed by atoms with Crippen LogP contribution in [0.2, 0.25) is 0 Å². The van der Waals surface area contributed by atoms with Gasteiger partial charge in [-0.2, -0.15) is 0 Å². The minimum Gasteiger partial charge on any atom is -0.269 e. The molecule has 3 heterocycles. The Kier molecular flexibility index (Phi) is 3.53. The third-order valence-electron chi connectivity index (χ3n) is 3.93. The van der Waals surface area contributed by atoms with Gasteiger partial charge >= 0.3 is 0 Å². The fraction of sp³-hybridized carbons (Fsp3) is 0.111. The summed E-state index contributed by atoms with van der Waals surface area (Å²) in [5.41, 5.74) is 2.88. The fourth-order valence-corrected chi connectivity index (χ4v) is 2.68. The molecule has 7 nitrogen and oxygen atoms in total. The van der Waals surface area contributed by atoms with E-state index in [1.54, 1.807) is 42.7 Å². The van der Waals surface area contributed by atoms with Crippen molar-refractivity contribution < 1.29 is 9.59 Å². The average molecular weight is 331 g/mol. The molecule has 25 heavy (non-hydrogen) atoms. The number of rotatable bonds is 3. The number of nitrogens with zero attached hydrogens (tertiary/aromatic N) is 5. The van der Waals surface area contributed by atoms with E-state index >= 15 is 0 Å². The number of amides is 2. The molecular formula is C18H13N5O2. The first kappa shape index (κ1) is 15.1. The number of carbonyl (C=O) groups is 2. The molecule has 3 aromatic rings. The van der Waals surface area contributed by atoms with Gasteiger partial charge in [0.25, 0.3) is 11.8 Å². The van der Waals surface area contributed by atoms with Gasteiger partial charge in [-0.15, -0.1) is 0 Å². The summed E-state index contributed by atoms with van der Waals surface area (Å²) in [5.74, 6) is -0.156. The van der Waals surface area contributed by atoms with E-state index < -0.39 is 0 Å². The Morgan fingerprint density at radius 1 is 0.920 bits per heavy atom. The maximum absolute atomic E-state index is 12.4. The first-order valence-electron chi connectivity index (χ1n) is 7.68. The van der Waals surface area contributed by atoms with Gasteiger partial charge in [0, 0.05) is 12.4 Å². The maximum atomic E-state index is 12.4. The van der Waals surface area contributed by atoms with E-state index in [2.05, 4.69) is 19.9 Å². The molecule has 0 atom stereocenters. The predicted molar refractivity (Wildman–Crippen MR) is 88.4 cm³/mol. The Bertz CT molecular complexity index is 950. The van der Waals surface area contributed by atoms with E-state index in [9.17, 15) is 9.59 Å². The van der Waals surface area contributed by atoms with Crippen molar-refractivity contribution in [3.8, 4) is 11.5 Å². The molecule has 0 bridgehead atoms. The highest BCUT2D eigenvalue weighted by Gasteiger charge is 2.35. The van der Waals surface area contributed by atoms with Crippen molar-refractivity contribution in [1.82, 2.24) is 24.8 Å². The summed E-state index contributed by atoms with van der Waals surface area (Å²) in [6.07, 6.45) is 4.79. The minimum absolute atomic E-state index is 0.0771. The van der Waals surface area contributed by atoms with E-state index in [0.29, 0.717) is 28.3 Å². The van der Waals surface area contributed by atoms with Crippen LogP contribution in [0.5, 0.6) is 0 Å². The normalized spacial score (nSPS) is 13.2. The Hall–Kier alpha value is -3.48. The van der Waals surface area contributed by atoms with Gasteiger partial charge in [-0.05, 0) is 30.7 Å². The molecule has 0 unspecified atom stereocenters. The van der Waals surface area contributed by atoms with Gasteiger partial charge in [-0.3, -0.25) is 14.5 Å². The van der Waals surface area contributed by atoms with Gasteiger partial charge in [0.1, 0.15) is 12.0 Å². The predicted octanol–water partition coefficient (Wildman–Crippen LogP) is 2.04. The van der Waals surface area contributed by atoms with Crippen molar-refractivity contribution in [3.63, 3.8) is 0 Å². The number of fused-ring (bicyclic) bond motifs is 1. The molecule has 0 N–H and O–H groups in total. The third kappa shape index (κ3) is 2.65. The molecule has 2 aromatic heterocycles. The second-order valence-corrected chi connectivity index (χ2v) is 5.72. The quantitative estimate of drug-likeness (QED) is 0.682. The van der Waals surface area contributed by atoms with Crippen LogP contribution in [0, 0.1) is 6.92 Å². The van der Waals surface area contributed by atoms with Gasteiger partial charge in [0.15, 0.2) is 5.82 Å². The molecule has 2 amide bonds. The summed E-state index contributed by atoms with van der Waals surface area (Å²) in [7, 11) is 0. The zero-order chi connectivity index (χ0) is 17.4. The molecule has 0 fully saturated rings. The third-order valence-corrected chi connectivity index (χ3v) is 3.93. The Balaban J connectivity index is 1.62. The molecule has 0 aliphatic carbocycles. The zero-order valence-electron chi connectivity index (χ0n) is 13.4. The van der Waals surface area contributed by atoms with Gasteiger partial charge < -0.3 is 0 Å². The van der Waals surface area contributed by atoms with Crippen LogP contribution >= 0.6 is 0 Å². The Labute approximate surface area is 143 Å². The maximum Gasteiger partial charge on any atom is 0.261 e. The lowest BCUT2D eigenvalue weighted by atomic mass is 10.1. The summed E-state index contributed by atoms with van der Waals surface area (Å²) < 4.78 is 0. The van der Waals surface area contributed by atoms with Crippen molar-refractivity contribution >= 4 is 11.8 Å². The van der Waals surface area contributed by atoms with Crippen LogP contribution in [0.25, 0.3) is 11.5 Å². The number of benzene rings is 1. The van der Waals surface area contributed by atoms with E-state index in [0.717, 1.165) is 5.56 Å². The Morgan fingerprint density at radius 2 is 1.56 bits per heavy atom. The van der Waals surface area contributed by atoms with Crippen LogP contribution in [0.3, 0.4) is 0 Å². The smallest absolute Gasteiger partial charge is 0.261 e. The number of imide groups is 1. The number of hydrogen-bond donors (Lipinski definition) is 0. The fourth-order valence-electron chi connectivity index (χ4n) is 2.68. The van der Waals surface area contributed by atoms with E-state index in [1.165, 1.54) is 11.2 Å². The van der Waals surface area contributed by atoms with Gasteiger partial charge in [0.05, 0.1) is 23.4 Å². The topological polar surface area (TPSA) is 88.9 Å². The molecule has 4 rings (SSSR count). The average Bonchev–Trinajstić information content (AvgIpc) is 2.88. The summed E-state index contributed by atoms with van der Waals surface area (Å²) in [6.45, 7) is 1.98.